The van der Waals surface area contributed by atoms with Crippen LogP contribution in [0.1, 0.15) is 5.56 Å². The number of hydrogen-bond donors (Lipinski definition) is 0. The third-order valence-corrected chi connectivity index (χ3v) is 1.83. The predicted octanol–water partition coefficient (Wildman–Crippen LogP) is 1.73. The highest BCUT2D eigenvalue weighted by molar-refractivity contribution is 5.81. The Labute approximate surface area is 87.8 Å². The number of benzene rings is 1. The summed E-state index contributed by atoms with van der Waals surface area (Å²) in [5, 5.41) is 0. The van der Waals surface area contributed by atoms with Crippen LogP contribution in [-0.2, 0) is 9.53 Å². The van der Waals surface area contributed by atoms with Gasteiger partial charge in [0.05, 0.1) is 0 Å². The molecule has 0 unspecified atom stereocenters. The molecule has 0 N–H and O–H groups in total. The molecular weight excluding hydrogens is 199 g/mol. The van der Waals surface area contributed by atoms with Crippen LogP contribution in [0, 0.1) is 12.7 Å². The monoisotopic (exact) mass is 212 g/mol. The molecule has 0 atom stereocenters. The Hall–Kier alpha value is -1.42. The Kier molecular flexibility index (Phi) is 4.24. The number of rotatable bonds is 5. The summed E-state index contributed by atoms with van der Waals surface area (Å²) >= 11 is 0. The van der Waals surface area contributed by atoms with Crippen molar-refractivity contribution in [3.05, 3.63) is 29.6 Å². The van der Waals surface area contributed by atoms with Crippen LogP contribution in [-0.4, -0.2) is 26.1 Å². The molecule has 0 fully saturated rings. The molecule has 0 saturated carbocycles. The molecule has 0 bridgehead atoms. The molecule has 0 aromatic heterocycles. The van der Waals surface area contributed by atoms with Gasteiger partial charge in [0.1, 0.15) is 24.8 Å². The molecular formula is C11H13FO3. The van der Waals surface area contributed by atoms with Crippen LogP contribution in [0.25, 0.3) is 0 Å². The number of aryl methyl sites for hydroxylation is 1. The van der Waals surface area contributed by atoms with Gasteiger partial charge in [-0.3, -0.25) is 4.79 Å². The Morgan fingerprint density at radius 3 is 2.73 bits per heavy atom. The summed E-state index contributed by atoms with van der Waals surface area (Å²) < 4.78 is 22.7. The van der Waals surface area contributed by atoms with Gasteiger partial charge in [0.2, 0.25) is 0 Å². The standard InChI is InChI=1S/C11H13FO3/c1-8-5-10(3-4-11(8)12)15-7-9(13)6-14-2/h3-5H,6-7H2,1-2H3. The van der Waals surface area contributed by atoms with Gasteiger partial charge in [-0.25, -0.2) is 4.39 Å². The number of halogens is 1. The van der Waals surface area contributed by atoms with Gasteiger partial charge in [-0.05, 0) is 30.7 Å². The van der Waals surface area contributed by atoms with Gasteiger partial charge in [-0.2, -0.15) is 0 Å². The van der Waals surface area contributed by atoms with Crippen molar-refractivity contribution in [2.75, 3.05) is 20.3 Å². The summed E-state index contributed by atoms with van der Waals surface area (Å²) in [6.07, 6.45) is 0. The van der Waals surface area contributed by atoms with Crippen molar-refractivity contribution in [1.82, 2.24) is 0 Å². The maximum absolute atomic E-state index is 12.9. The molecule has 1 aromatic rings. The van der Waals surface area contributed by atoms with Crippen molar-refractivity contribution < 1.29 is 18.7 Å². The second-order valence-electron chi connectivity index (χ2n) is 3.17. The van der Waals surface area contributed by atoms with Crippen LogP contribution in [0.2, 0.25) is 0 Å². The normalized spacial score (nSPS) is 10.1. The Balaban J connectivity index is 2.51. The van der Waals surface area contributed by atoms with Crippen LogP contribution >= 0.6 is 0 Å². The first-order valence-corrected chi connectivity index (χ1v) is 4.53. The molecule has 0 aliphatic rings. The summed E-state index contributed by atoms with van der Waals surface area (Å²) in [6.45, 7) is 1.61. The third kappa shape index (κ3) is 3.67. The van der Waals surface area contributed by atoms with E-state index in [1.807, 2.05) is 0 Å². The number of carbonyl (C=O) groups is 1. The molecule has 1 aromatic carbocycles. The van der Waals surface area contributed by atoms with E-state index in [9.17, 15) is 9.18 Å². The van der Waals surface area contributed by atoms with Crippen LogP contribution in [0.5, 0.6) is 5.75 Å². The average molecular weight is 212 g/mol. The zero-order valence-corrected chi connectivity index (χ0v) is 8.75. The van der Waals surface area contributed by atoms with Crippen molar-refractivity contribution in [2.24, 2.45) is 0 Å². The molecule has 0 saturated heterocycles. The highest BCUT2D eigenvalue weighted by Gasteiger charge is 2.04. The second kappa shape index (κ2) is 5.46. The minimum atomic E-state index is -0.287. The number of methoxy groups -OCH3 is 1. The van der Waals surface area contributed by atoms with E-state index in [0.717, 1.165) is 0 Å². The molecule has 4 heteroatoms. The third-order valence-electron chi connectivity index (χ3n) is 1.83. The topological polar surface area (TPSA) is 35.5 Å². The largest absolute Gasteiger partial charge is 0.486 e. The molecule has 15 heavy (non-hydrogen) atoms. The van der Waals surface area contributed by atoms with E-state index < -0.39 is 0 Å². The van der Waals surface area contributed by atoms with Crippen LogP contribution in [0.3, 0.4) is 0 Å². The first kappa shape index (κ1) is 11.7. The Morgan fingerprint density at radius 2 is 2.13 bits per heavy atom. The van der Waals surface area contributed by atoms with Crippen LogP contribution in [0.4, 0.5) is 4.39 Å². The molecule has 0 aliphatic heterocycles. The average Bonchev–Trinajstić information content (AvgIpc) is 2.20. The quantitative estimate of drug-likeness (QED) is 0.745. The molecule has 82 valence electrons. The van der Waals surface area contributed by atoms with E-state index in [-0.39, 0.29) is 24.8 Å². The van der Waals surface area contributed by atoms with Gasteiger partial charge in [0.25, 0.3) is 0 Å². The molecule has 1 rings (SSSR count). The zero-order valence-electron chi connectivity index (χ0n) is 8.75. The highest BCUT2D eigenvalue weighted by Crippen LogP contribution is 2.15. The summed E-state index contributed by atoms with van der Waals surface area (Å²) in [7, 11) is 1.44. The summed E-state index contributed by atoms with van der Waals surface area (Å²) in [4.78, 5) is 11.0. The van der Waals surface area contributed by atoms with E-state index in [0.29, 0.717) is 11.3 Å². The first-order valence-electron chi connectivity index (χ1n) is 4.53. The molecule has 0 spiro atoms. The maximum atomic E-state index is 12.9. The van der Waals surface area contributed by atoms with Gasteiger partial charge < -0.3 is 9.47 Å². The maximum Gasteiger partial charge on any atom is 0.195 e. The smallest absolute Gasteiger partial charge is 0.195 e. The van der Waals surface area contributed by atoms with Gasteiger partial charge in [0.15, 0.2) is 5.78 Å². The minimum Gasteiger partial charge on any atom is -0.486 e. The summed E-state index contributed by atoms with van der Waals surface area (Å²) in [5.74, 6) is 0.0448. The lowest BCUT2D eigenvalue weighted by atomic mass is 10.2. The van der Waals surface area contributed by atoms with Crippen molar-refractivity contribution >= 4 is 5.78 Å². The number of ketones is 1. The highest BCUT2D eigenvalue weighted by atomic mass is 19.1. The van der Waals surface area contributed by atoms with Crippen molar-refractivity contribution in [3.63, 3.8) is 0 Å². The van der Waals surface area contributed by atoms with Crippen LogP contribution < -0.4 is 4.74 Å². The lowest BCUT2D eigenvalue weighted by Crippen LogP contribution is -2.16. The summed E-state index contributed by atoms with van der Waals surface area (Å²) in [5.41, 5.74) is 0.492. The number of carbonyl (C=O) groups excluding carboxylic acids is 1. The molecule has 0 aliphatic carbocycles. The number of ether oxygens (including phenoxy) is 2. The van der Waals surface area contributed by atoms with E-state index in [2.05, 4.69) is 4.74 Å². The van der Waals surface area contributed by atoms with Gasteiger partial charge >= 0.3 is 0 Å². The molecule has 3 nitrogen and oxygen atoms in total. The van der Waals surface area contributed by atoms with Gasteiger partial charge in [-0.1, -0.05) is 0 Å². The fraction of sp³-hybridized carbons (Fsp3) is 0.364. The van der Waals surface area contributed by atoms with Crippen molar-refractivity contribution in [1.29, 1.82) is 0 Å². The van der Waals surface area contributed by atoms with E-state index in [1.54, 1.807) is 13.0 Å². The minimum absolute atomic E-state index is 0.0280. The molecule has 0 heterocycles. The Bertz CT molecular complexity index is 350. The van der Waals surface area contributed by atoms with Gasteiger partial charge in [-0.15, -0.1) is 0 Å². The van der Waals surface area contributed by atoms with Crippen molar-refractivity contribution in [3.8, 4) is 5.75 Å². The molecule has 0 amide bonds. The SMILES string of the molecule is COCC(=O)COc1ccc(F)c(C)c1. The fourth-order valence-corrected chi connectivity index (χ4v) is 1.07. The van der Waals surface area contributed by atoms with Gasteiger partial charge in [0, 0.05) is 7.11 Å². The fourth-order valence-electron chi connectivity index (χ4n) is 1.07. The zero-order chi connectivity index (χ0) is 11.3. The van der Waals surface area contributed by atoms with E-state index >= 15 is 0 Å². The predicted molar refractivity (Wildman–Crippen MR) is 53.5 cm³/mol. The number of Topliss-reactive ketones (excluding diaryl/α,β-unsaturated/α-hetero) is 1. The lowest BCUT2D eigenvalue weighted by Gasteiger charge is -2.06. The first-order chi connectivity index (χ1) is 7.13. The number of hydrogen-bond acceptors (Lipinski definition) is 3. The van der Waals surface area contributed by atoms with Crippen LogP contribution in [0.15, 0.2) is 18.2 Å². The van der Waals surface area contributed by atoms with E-state index in [4.69, 9.17) is 4.74 Å². The lowest BCUT2D eigenvalue weighted by molar-refractivity contribution is -0.124. The second-order valence-corrected chi connectivity index (χ2v) is 3.17. The van der Waals surface area contributed by atoms with E-state index in [1.165, 1.54) is 19.2 Å². The summed E-state index contributed by atoms with van der Waals surface area (Å²) in [6, 6.07) is 4.35. The Morgan fingerprint density at radius 1 is 1.40 bits per heavy atom. The van der Waals surface area contributed by atoms with Crippen molar-refractivity contribution in [2.45, 2.75) is 6.92 Å². The molecule has 0 radical (unpaired) electrons.